The minimum Gasteiger partial charge on any atom is -0.497 e. The van der Waals surface area contributed by atoms with Gasteiger partial charge in [0.2, 0.25) is 5.91 Å². The molecule has 1 N–H and O–H groups in total. The van der Waals surface area contributed by atoms with E-state index in [1.54, 1.807) is 32.7 Å². The first-order chi connectivity index (χ1) is 13.1. The van der Waals surface area contributed by atoms with Gasteiger partial charge in [0.25, 0.3) is 0 Å². The van der Waals surface area contributed by atoms with Crippen molar-refractivity contribution in [2.24, 2.45) is 0 Å². The first-order valence-corrected chi connectivity index (χ1v) is 9.22. The van der Waals surface area contributed by atoms with Crippen LogP contribution in [0.1, 0.15) is 36.5 Å². The highest BCUT2D eigenvalue weighted by atomic mass is 16.5. The summed E-state index contributed by atoms with van der Waals surface area (Å²) in [6.45, 7) is 0.652. The van der Waals surface area contributed by atoms with Crippen LogP contribution in [0.2, 0.25) is 0 Å². The SMILES string of the molecule is COc1ccc(CC(=O)N2CCCC[C@@H]2C(O)c2cnccc2OC)cc1. The molecule has 1 aliphatic heterocycles. The van der Waals surface area contributed by atoms with Crippen LogP contribution in [0.5, 0.6) is 11.5 Å². The molecule has 3 rings (SSSR count). The number of pyridine rings is 1. The minimum absolute atomic E-state index is 0.0202. The highest BCUT2D eigenvalue weighted by molar-refractivity contribution is 5.79. The second-order valence-corrected chi connectivity index (χ2v) is 6.74. The molecule has 2 atom stereocenters. The molecule has 0 spiro atoms. The summed E-state index contributed by atoms with van der Waals surface area (Å²) >= 11 is 0. The van der Waals surface area contributed by atoms with E-state index >= 15 is 0 Å². The maximum atomic E-state index is 13.0. The standard InChI is InChI=1S/C21H26N2O4/c1-26-16-8-6-15(7-9-16)13-20(24)23-12-4-3-5-18(23)21(25)17-14-22-11-10-19(17)27-2/h6-11,14,18,21,25H,3-5,12-13H2,1-2H3/t18-,21?/m1/s1. The van der Waals surface area contributed by atoms with Gasteiger partial charge in [-0.25, -0.2) is 0 Å². The van der Waals surface area contributed by atoms with E-state index in [4.69, 9.17) is 9.47 Å². The number of ether oxygens (including phenoxy) is 2. The number of amides is 1. The third-order valence-corrected chi connectivity index (χ3v) is 5.10. The molecule has 1 saturated heterocycles. The number of carbonyl (C=O) groups is 1. The zero-order valence-corrected chi connectivity index (χ0v) is 15.8. The molecule has 2 heterocycles. The lowest BCUT2D eigenvalue weighted by atomic mass is 9.92. The lowest BCUT2D eigenvalue weighted by molar-refractivity contribution is -0.137. The smallest absolute Gasteiger partial charge is 0.227 e. The van der Waals surface area contributed by atoms with E-state index < -0.39 is 6.10 Å². The summed E-state index contributed by atoms with van der Waals surface area (Å²) in [6, 6.07) is 8.96. The van der Waals surface area contributed by atoms with Crippen LogP contribution in [0.3, 0.4) is 0 Å². The average Bonchev–Trinajstić information content (AvgIpc) is 2.73. The van der Waals surface area contributed by atoms with E-state index in [-0.39, 0.29) is 11.9 Å². The maximum Gasteiger partial charge on any atom is 0.227 e. The first-order valence-electron chi connectivity index (χ1n) is 9.22. The number of nitrogens with zero attached hydrogens (tertiary/aromatic N) is 2. The van der Waals surface area contributed by atoms with Crippen molar-refractivity contribution in [2.75, 3.05) is 20.8 Å². The largest absolute Gasteiger partial charge is 0.497 e. The fraction of sp³-hybridized carbons (Fsp3) is 0.429. The fourth-order valence-electron chi connectivity index (χ4n) is 3.62. The molecule has 1 aromatic carbocycles. The summed E-state index contributed by atoms with van der Waals surface area (Å²) in [5, 5.41) is 11.0. The van der Waals surface area contributed by atoms with Crippen LogP contribution in [0.4, 0.5) is 0 Å². The van der Waals surface area contributed by atoms with Gasteiger partial charge in [-0.2, -0.15) is 0 Å². The summed E-state index contributed by atoms with van der Waals surface area (Å²) in [7, 11) is 3.19. The number of hydrogen-bond donors (Lipinski definition) is 1. The van der Waals surface area contributed by atoms with Gasteiger partial charge in [0, 0.05) is 24.5 Å². The van der Waals surface area contributed by atoms with E-state index in [0.29, 0.717) is 24.3 Å². The molecule has 1 fully saturated rings. The Morgan fingerprint density at radius 2 is 2.00 bits per heavy atom. The second kappa shape index (κ2) is 8.86. The van der Waals surface area contributed by atoms with Crippen molar-refractivity contribution in [3.05, 3.63) is 53.9 Å². The summed E-state index contributed by atoms with van der Waals surface area (Å²) in [4.78, 5) is 18.9. The maximum absolute atomic E-state index is 13.0. The molecule has 1 aliphatic rings. The zero-order chi connectivity index (χ0) is 19.2. The lowest BCUT2D eigenvalue weighted by Crippen LogP contribution is -2.47. The number of aliphatic hydroxyl groups excluding tert-OH is 1. The molecular formula is C21H26N2O4. The number of rotatable bonds is 6. The van der Waals surface area contributed by atoms with Gasteiger partial charge in [-0.1, -0.05) is 12.1 Å². The molecular weight excluding hydrogens is 344 g/mol. The van der Waals surface area contributed by atoms with Gasteiger partial charge >= 0.3 is 0 Å². The van der Waals surface area contributed by atoms with Gasteiger partial charge in [0.15, 0.2) is 0 Å². The summed E-state index contributed by atoms with van der Waals surface area (Å²) < 4.78 is 10.5. The Morgan fingerprint density at radius 3 is 2.70 bits per heavy atom. The highest BCUT2D eigenvalue weighted by Gasteiger charge is 2.34. The predicted molar refractivity (Wildman–Crippen MR) is 102 cm³/mol. The zero-order valence-electron chi connectivity index (χ0n) is 15.8. The van der Waals surface area contributed by atoms with Crippen molar-refractivity contribution in [3.63, 3.8) is 0 Å². The second-order valence-electron chi connectivity index (χ2n) is 6.74. The summed E-state index contributed by atoms with van der Waals surface area (Å²) in [5.74, 6) is 1.37. The summed E-state index contributed by atoms with van der Waals surface area (Å²) in [6.07, 6.45) is 5.41. The molecule has 0 saturated carbocycles. The van der Waals surface area contributed by atoms with Gasteiger partial charge in [-0.05, 0) is 43.0 Å². The number of methoxy groups -OCH3 is 2. The quantitative estimate of drug-likeness (QED) is 0.847. The average molecular weight is 370 g/mol. The molecule has 1 amide bonds. The van der Waals surface area contributed by atoms with E-state index in [2.05, 4.69) is 4.98 Å². The van der Waals surface area contributed by atoms with Crippen LogP contribution in [0.25, 0.3) is 0 Å². The molecule has 0 bridgehead atoms. The van der Waals surface area contributed by atoms with Crippen LogP contribution in [-0.4, -0.2) is 47.7 Å². The Bertz CT molecular complexity index is 763. The van der Waals surface area contributed by atoms with Gasteiger partial charge in [0.1, 0.15) is 17.6 Å². The topological polar surface area (TPSA) is 71.9 Å². The first kappa shape index (κ1) is 19.2. The molecule has 2 aromatic rings. The molecule has 6 nitrogen and oxygen atoms in total. The molecule has 144 valence electrons. The van der Waals surface area contributed by atoms with Crippen molar-refractivity contribution >= 4 is 5.91 Å². The third kappa shape index (κ3) is 4.39. The molecule has 6 heteroatoms. The number of benzene rings is 1. The van der Waals surface area contributed by atoms with Crippen LogP contribution >= 0.6 is 0 Å². The van der Waals surface area contributed by atoms with Crippen LogP contribution < -0.4 is 9.47 Å². The van der Waals surface area contributed by atoms with E-state index in [9.17, 15) is 9.90 Å². The van der Waals surface area contributed by atoms with Crippen molar-refractivity contribution in [2.45, 2.75) is 37.8 Å². The van der Waals surface area contributed by atoms with Crippen molar-refractivity contribution < 1.29 is 19.4 Å². The number of aromatic nitrogens is 1. The molecule has 0 aliphatic carbocycles. The molecule has 1 unspecified atom stereocenters. The number of likely N-dealkylation sites (tertiary alicyclic amines) is 1. The molecule has 0 radical (unpaired) electrons. The number of hydrogen-bond acceptors (Lipinski definition) is 5. The Kier molecular flexibility index (Phi) is 6.29. The van der Waals surface area contributed by atoms with Crippen molar-refractivity contribution in [3.8, 4) is 11.5 Å². The summed E-state index contributed by atoms with van der Waals surface area (Å²) in [5.41, 5.74) is 1.55. The van der Waals surface area contributed by atoms with E-state index in [1.807, 2.05) is 29.2 Å². The number of piperidine rings is 1. The Labute approximate surface area is 159 Å². The van der Waals surface area contributed by atoms with Gasteiger partial charge in [0.05, 0.1) is 26.7 Å². The Hall–Kier alpha value is -2.60. The lowest BCUT2D eigenvalue weighted by Gasteiger charge is -2.39. The van der Waals surface area contributed by atoms with E-state index in [0.717, 1.165) is 30.6 Å². The van der Waals surface area contributed by atoms with Crippen LogP contribution in [0, 0.1) is 0 Å². The monoisotopic (exact) mass is 370 g/mol. The van der Waals surface area contributed by atoms with E-state index in [1.165, 1.54) is 0 Å². The number of carbonyl (C=O) groups excluding carboxylic acids is 1. The predicted octanol–water partition coefficient (Wildman–Crippen LogP) is 2.76. The molecule has 1 aromatic heterocycles. The highest BCUT2D eigenvalue weighted by Crippen LogP contribution is 2.33. The van der Waals surface area contributed by atoms with Crippen LogP contribution in [0.15, 0.2) is 42.7 Å². The normalized spacial score (nSPS) is 18.0. The molecule has 27 heavy (non-hydrogen) atoms. The van der Waals surface area contributed by atoms with Gasteiger partial charge in [-0.15, -0.1) is 0 Å². The van der Waals surface area contributed by atoms with Gasteiger partial charge in [-0.3, -0.25) is 9.78 Å². The van der Waals surface area contributed by atoms with Gasteiger partial charge < -0.3 is 19.5 Å². The fourth-order valence-corrected chi connectivity index (χ4v) is 3.62. The Morgan fingerprint density at radius 1 is 1.22 bits per heavy atom. The minimum atomic E-state index is -0.825. The van der Waals surface area contributed by atoms with Crippen LogP contribution in [-0.2, 0) is 11.2 Å². The van der Waals surface area contributed by atoms with Crippen molar-refractivity contribution in [1.29, 1.82) is 0 Å². The Balaban J connectivity index is 1.76. The third-order valence-electron chi connectivity index (χ3n) is 5.10. The van der Waals surface area contributed by atoms with Crippen molar-refractivity contribution in [1.82, 2.24) is 9.88 Å². The number of aliphatic hydroxyl groups is 1.